The lowest BCUT2D eigenvalue weighted by Crippen LogP contribution is -1.83. The van der Waals surface area contributed by atoms with E-state index in [-0.39, 0.29) is 0 Å². The Balaban J connectivity index is 0.000000140. The van der Waals surface area contributed by atoms with Gasteiger partial charge in [-0.15, -0.1) is 0 Å². The molecule has 124 heavy (non-hydrogen) atoms. The van der Waals surface area contributed by atoms with Gasteiger partial charge in [-0.05, 0) is 256 Å². The molecule has 0 fully saturated rings. The summed E-state index contributed by atoms with van der Waals surface area (Å²) in [5, 5.41) is 0. The van der Waals surface area contributed by atoms with E-state index < -0.39 is 0 Å². The van der Waals surface area contributed by atoms with Crippen molar-refractivity contribution < 1.29 is 0 Å². The summed E-state index contributed by atoms with van der Waals surface area (Å²) < 4.78 is 0. The van der Waals surface area contributed by atoms with Crippen LogP contribution in [0.2, 0.25) is 0 Å². The number of hydrogen-bond donors (Lipinski definition) is 0. The fourth-order valence-corrected chi connectivity index (χ4v) is 14.4. The Morgan fingerprint density at radius 3 is 0.452 bits per heavy atom. The van der Waals surface area contributed by atoms with E-state index in [1.54, 1.807) is 0 Å². The van der Waals surface area contributed by atoms with Gasteiger partial charge in [-0.2, -0.15) is 0 Å². The largest absolute Gasteiger partial charge is 0.0620 e. The summed E-state index contributed by atoms with van der Waals surface area (Å²) in [6.45, 7) is 33.9. The van der Waals surface area contributed by atoms with Gasteiger partial charge in [0.2, 0.25) is 0 Å². The fourth-order valence-electron chi connectivity index (χ4n) is 14.4. The molecule has 0 aliphatic carbocycles. The molecule has 0 amide bonds. The Bertz CT molecular complexity index is 6200. The van der Waals surface area contributed by atoms with Crippen molar-refractivity contribution in [2.45, 2.75) is 111 Å². The Hall–Kier alpha value is -14.0. The third-order valence-corrected chi connectivity index (χ3v) is 22.1. The number of aryl methyl sites for hydroxylation is 16. The minimum absolute atomic E-state index is 1.27. The normalized spacial score (nSPS) is 10.3. The second-order valence-corrected chi connectivity index (χ2v) is 32.9. The predicted molar refractivity (Wildman–Crippen MR) is 542 cm³/mol. The second-order valence-electron chi connectivity index (χ2n) is 32.9. The van der Waals surface area contributed by atoms with E-state index in [0.29, 0.717) is 0 Å². The van der Waals surface area contributed by atoms with Crippen molar-refractivity contribution >= 4 is 0 Å². The molecule has 0 bridgehead atoms. The summed E-state index contributed by atoms with van der Waals surface area (Å²) >= 11 is 0. The molecule has 0 atom stereocenters. The Labute approximate surface area is 742 Å². The zero-order valence-corrected chi connectivity index (χ0v) is 75.6. The van der Waals surface area contributed by atoms with E-state index >= 15 is 0 Å². The third kappa shape index (κ3) is 28.3. The maximum Gasteiger partial charge on any atom is -0.0155 e. The van der Waals surface area contributed by atoms with Gasteiger partial charge in [0.25, 0.3) is 0 Å². The Morgan fingerprint density at radius 2 is 0.242 bits per heavy atom. The molecule has 0 unspecified atom stereocenters. The maximum atomic E-state index is 2.26. The maximum absolute atomic E-state index is 2.26. The fraction of sp³-hybridized carbons (Fsp3) is 0.129. The molecule has 0 heterocycles. The molecular weight excluding hydrogens is 1490 g/mol. The molecule has 0 saturated heterocycles. The summed E-state index contributed by atoms with van der Waals surface area (Å²) in [4.78, 5) is 0. The van der Waals surface area contributed by atoms with Gasteiger partial charge < -0.3 is 0 Å². The predicted octanol–water partition coefficient (Wildman–Crippen LogP) is 35.1. The van der Waals surface area contributed by atoms with Crippen LogP contribution >= 0.6 is 0 Å². The topological polar surface area (TPSA) is 0 Å². The molecule has 18 aromatic carbocycles. The van der Waals surface area contributed by atoms with Crippen molar-refractivity contribution in [1.29, 1.82) is 0 Å². The summed E-state index contributed by atoms with van der Waals surface area (Å²) in [5.74, 6) is 0. The van der Waals surface area contributed by atoms with E-state index in [2.05, 4.69) is 548 Å². The van der Waals surface area contributed by atoms with Crippen LogP contribution in [0.25, 0.3) is 111 Å². The first-order valence-electron chi connectivity index (χ1n) is 43.3. The van der Waals surface area contributed by atoms with Crippen molar-refractivity contribution in [2.24, 2.45) is 0 Å². The van der Waals surface area contributed by atoms with Crippen molar-refractivity contribution in [3.05, 3.63) is 526 Å². The first-order chi connectivity index (χ1) is 60.0. The van der Waals surface area contributed by atoms with Gasteiger partial charge >= 0.3 is 0 Å². The summed E-state index contributed by atoms with van der Waals surface area (Å²) in [6.07, 6.45) is 0. The molecule has 18 aromatic rings. The summed E-state index contributed by atoms with van der Waals surface area (Å²) in [7, 11) is 0. The Morgan fingerprint density at radius 1 is 0.0887 bits per heavy atom. The van der Waals surface area contributed by atoms with Crippen LogP contribution in [0.4, 0.5) is 0 Å². The first-order valence-corrected chi connectivity index (χ1v) is 43.3. The van der Waals surface area contributed by atoms with Crippen LogP contribution in [-0.4, -0.2) is 0 Å². The lowest BCUT2D eigenvalue weighted by molar-refractivity contribution is 1.34. The molecule has 0 heteroatoms. The quantitative estimate of drug-likeness (QED) is 0.128. The highest BCUT2D eigenvalue weighted by molar-refractivity contribution is 5.77. The molecule has 18 rings (SSSR count). The molecule has 0 saturated carbocycles. The molecular formula is C124H120. The molecule has 0 nitrogen and oxygen atoms in total. The van der Waals surface area contributed by atoms with Crippen LogP contribution < -0.4 is 0 Å². The lowest BCUT2D eigenvalue weighted by Gasteiger charge is -2.07. The van der Waals surface area contributed by atoms with E-state index in [9.17, 15) is 0 Å². The van der Waals surface area contributed by atoms with Gasteiger partial charge in [-0.25, -0.2) is 0 Å². The van der Waals surface area contributed by atoms with Crippen LogP contribution in [0.1, 0.15) is 89.0 Å². The summed E-state index contributed by atoms with van der Waals surface area (Å²) in [5.41, 5.74) is 46.6. The molecule has 0 radical (unpaired) electrons. The molecule has 0 spiro atoms. The SMILES string of the molecule is Cc1ccc(-c2ccc(-c3cccc(C)c3)cc2)cc1.Cc1ccc(-c2ccc(-c3ccccc3C)cc2)cc1.Cc1ccc(-c2cccc(-c3ccc(C)cc3)c2)cc1.Cc1ccc(-c2cccc(-c3cccc(C)c3)c2)cc1.Cc1ccc(-c2cccc(C)c2)cc1.Cc1ccc(-c2ccccc2C)cc1.Cc1cccc(C)c1.Cc1ccccc1C. The van der Waals surface area contributed by atoms with Crippen LogP contribution in [-0.2, 0) is 0 Å². The van der Waals surface area contributed by atoms with E-state index in [4.69, 9.17) is 0 Å². The van der Waals surface area contributed by atoms with Gasteiger partial charge in [0.05, 0.1) is 0 Å². The number of benzene rings is 18. The molecule has 0 aliphatic heterocycles. The van der Waals surface area contributed by atoms with Crippen LogP contribution in [0, 0.1) is 111 Å². The zero-order valence-electron chi connectivity index (χ0n) is 75.6. The average Bonchev–Trinajstić information content (AvgIpc) is 0.851. The molecule has 0 N–H and O–H groups in total. The smallest absolute Gasteiger partial charge is 0.0155 e. The molecule has 0 aromatic heterocycles. The molecule has 616 valence electrons. The van der Waals surface area contributed by atoms with Crippen LogP contribution in [0.5, 0.6) is 0 Å². The zero-order chi connectivity index (χ0) is 87.7. The minimum atomic E-state index is 1.27. The highest BCUT2D eigenvalue weighted by Gasteiger charge is 2.08. The van der Waals surface area contributed by atoms with E-state index in [1.165, 1.54) is 200 Å². The second kappa shape index (κ2) is 46.1. The monoisotopic (exact) mass is 1610 g/mol. The van der Waals surface area contributed by atoms with Crippen molar-refractivity contribution in [1.82, 2.24) is 0 Å². The first kappa shape index (κ1) is 90.7. The van der Waals surface area contributed by atoms with Crippen molar-refractivity contribution in [3.63, 3.8) is 0 Å². The van der Waals surface area contributed by atoms with Gasteiger partial charge in [0.1, 0.15) is 0 Å². The van der Waals surface area contributed by atoms with E-state index in [1.807, 2.05) is 0 Å². The summed E-state index contributed by atoms with van der Waals surface area (Å²) in [6, 6.07) is 155. The van der Waals surface area contributed by atoms with Crippen molar-refractivity contribution in [2.75, 3.05) is 0 Å². The van der Waals surface area contributed by atoms with Gasteiger partial charge in [-0.1, -0.05) is 491 Å². The number of rotatable bonds is 10. The number of hydrogen-bond acceptors (Lipinski definition) is 0. The van der Waals surface area contributed by atoms with Gasteiger partial charge in [0.15, 0.2) is 0 Å². The Kier molecular flexibility index (Phi) is 33.7. The highest BCUT2D eigenvalue weighted by Crippen LogP contribution is 2.33. The van der Waals surface area contributed by atoms with Gasteiger partial charge in [-0.3, -0.25) is 0 Å². The minimum Gasteiger partial charge on any atom is -0.0620 e. The van der Waals surface area contributed by atoms with Gasteiger partial charge in [0, 0.05) is 0 Å². The average molecular weight is 1610 g/mol. The van der Waals surface area contributed by atoms with E-state index in [0.717, 1.165) is 0 Å². The third-order valence-electron chi connectivity index (χ3n) is 22.1. The molecule has 0 aliphatic rings. The standard InChI is InChI=1S/4C20H18.2C14H14.2C8H10/c1-15-9-11-17(12-10-15)19-7-4-8-20(14-19)18-6-3-5-16(2)13-18;1-15-6-10-17(11-7-15)19-4-3-5-20(14-19)18-12-8-16(2)9-13-18;1-15-6-8-17(9-7-15)18-10-12-19(13-11-18)20-5-3-4-16(2)14-20;1-15-7-9-17(10-8-15)18-11-13-19(14-12-18)20-6-4-3-5-16(20)2;1-11-6-8-13(9-7-11)14-5-3-4-12(2)10-14;1-11-7-9-13(10-8-11)14-6-4-3-5-12(14)2;1-7-4-3-5-8(2)6-7;1-7-5-3-4-6-8(7)2/h4*3-14H,1-2H3;2*3-10H,1-2H3;2*3-6H,1-2H3. The highest BCUT2D eigenvalue weighted by atomic mass is 14.1. The lowest BCUT2D eigenvalue weighted by atomic mass is 9.97. The van der Waals surface area contributed by atoms with Crippen LogP contribution in [0.3, 0.4) is 0 Å². The van der Waals surface area contributed by atoms with Crippen LogP contribution in [0.15, 0.2) is 437 Å². The van der Waals surface area contributed by atoms with Crippen molar-refractivity contribution in [3.8, 4) is 111 Å².